The van der Waals surface area contributed by atoms with Crippen molar-refractivity contribution >= 4 is 23.3 Å². The number of benzene rings is 1. The first-order chi connectivity index (χ1) is 15.9. The standard InChI is InChI=1S/C23H27N9O/c1-15-9-16(2)11-19(10-15)32-17(3)12-20(28-32)26-23(33)29-7-8-31(18(4)13-29)21-22-27-25-14-30(22)6-5-24-21/h5-6,9-12,14,18H,7-8,13H2,1-4H3,(H,26,28,33). The average Bonchev–Trinajstić information content (AvgIpc) is 3.39. The largest absolute Gasteiger partial charge is 0.347 e. The van der Waals surface area contributed by atoms with Crippen LogP contribution in [0.3, 0.4) is 0 Å². The minimum absolute atomic E-state index is 0.0782. The molecule has 170 valence electrons. The van der Waals surface area contributed by atoms with Crippen molar-refractivity contribution < 1.29 is 4.79 Å². The Morgan fingerprint density at radius 2 is 1.88 bits per heavy atom. The molecule has 4 heterocycles. The zero-order valence-corrected chi connectivity index (χ0v) is 19.2. The predicted molar refractivity (Wildman–Crippen MR) is 126 cm³/mol. The third-order valence-electron chi connectivity index (χ3n) is 5.96. The fraction of sp³-hybridized carbons (Fsp3) is 0.348. The van der Waals surface area contributed by atoms with E-state index in [0.717, 1.165) is 22.8 Å². The maximum Gasteiger partial charge on any atom is 0.323 e. The zero-order valence-electron chi connectivity index (χ0n) is 19.2. The normalized spacial score (nSPS) is 16.4. The minimum atomic E-state index is -0.153. The summed E-state index contributed by atoms with van der Waals surface area (Å²) in [5.41, 5.74) is 5.01. The summed E-state index contributed by atoms with van der Waals surface area (Å²) < 4.78 is 3.71. The quantitative estimate of drug-likeness (QED) is 0.521. The highest BCUT2D eigenvalue weighted by molar-refractivity contribution is 5.88. The molecule has 0 saturated carbocycles. The number of piperazine rings is 1. The topological polar surface area (TPSA) is 96.5 Å². The van der Waals surface area contributed by atoms with Crippen LogP contribution >= 0.6 is 0 Å². The number of carbonyl (C=O) groups is 1. The Morgan fingerprint density at radius 3 is 2.64 bits per heavy atom. The molecule has 5 rings (SSSR count). The lowest BCUT2D eigenvalue weighted by Gasteiger charge is -2.40. The van der Waals surface area contributed by atoms with E-state index in [4.69, 9.17) is 0 Å². The maximum atomic E-state index is 13.0. The number of carbonyl (C=O) groups excluding carboxylic acids is 1. The van der Waals surface area contributed by atoms with Gasteiger partial charge in [0.25, 0.3) is 0 Å². The Labute approximate surface area is 191 Å². The third-order valence-corrected chi connectivity index (χ3v) is 5.96. The molecule has 1 aliphatic rings. The lowest BCUT2D eigenvalue weighted by atomic mass is 10.1. The first-order valence-corrected chi connectivity index (χ1v) is 11.0. The van der Waals surface area contributed by atoms with E-state index in [1.807, 2.05) is 33.2 Å². The van der Waals surface area contributed by atoms with E-state index in [2.05, 4.69) is 69.5 Å². The van der Waals surface area contributed by atoms with Crippen LogP contribution < -0.4 is 10.2 Å². The number of amides is 2. The van der Waals surface area contributed by atoms with Crippen LogP contribution in [0.25, 0.3) is 11.3 Å². The van der Waals surface area contributed by atoms with Crippen molar-refractivity contribution in [3.8, 4) is 5.69 Å². The van der Waals surface area contributed by atoms with E-state index in [0.29, 0.717) is 25.5 Å². The number of aryl methyl sites for hydroxylation is 3. The van der Waals surface area contributed by atoms with Crippen LogP contribution in [0.1, 0.15) is 23.7 Å². The van der Waals surface area contributed by atoms with E-state index in [1.165, 1.54) is 11.1 Å². The van der Waals surface area contributed by atoms with Gasteiger partial charge in [-0.1, -0.05) is 6.07 Å². The summed E-state index contributed by atoms with van der Waals surface area (Å²) in [6, 6.07) is 8.12. The monoisotopic (exact) mass is 445 g/mol. The second-order valence-electron chi connectivity index (χ2n) is 8.66. The van der Waals surface area contributed by atoms with Gasteiger partial charge in [-0.3, -0.25) is 9.72 Å². The molecule has 10 nitrogen and oxygen atoms in total. The molecular formula is C23H27N9O. The van der Waals surface area contributed by atoms with Gasteiger partial charge in [0.1, 0.15) is 6.33 Å². The van der Waals surface area contributed by atoms with Gasteiger partial charge in [-0.05, 0) is 51.0 Å². The van der Waals surface area contributed by atoms with Gasteiger partial charge < -0.3 is 9.80 Å². The van der Waals surface area contributed by atoms with Crippen molar-refractivity contribution in [3.63, 3.8) is 0 Å². The molecule has 1 fully saturated rings. The van der Waals surface area contributed by atoms with Gasteiger partial charge in [-0.2, -0.15) is 0 Å². The van der Waals surface area contributed by atoms with Gasteiger partial charge in [0.15, 0.2) is 11.6 Å². The summed E-state index contributed by atoms with van der Waals surface area (Å²) in [4.78, 5) is 21.5. The Kier molecular flexibility index (Phi) is 5.20. The van der Waals surface area contributed by atoms with Gasteiger partial charge >= 0.3 is 6.03 Å². The number of anilines is 2. The lowest BCUT2D eigenvalue weighted by Crippen LogP contribution is -2.55. The van der Waals surface area contributed by atoms with E-state index >= 15 is 0 Å². The molecule has 3 aromatic heterocycles. The van der Waals surface area contributed by atoms with Crippen molar-refractivity contribution in [2.75, 3.05) is 29.9 Å². The van der Waals surface area contributed by atoms with Gasteiger partial charge in [-0.15, -0.1) is 15.3 Å². The SMILES string of the molecule is Cc1cc(C)cc(-n2nc(NC(=O)N3CCN(c4nccn5cnnc45)C(C)C3)cc2C)c1. The lowest BCUT2D eigenvalue weighted by molar-refractivity contribution is 0.200. The van der Waals surface area contributed by atoms with Crippen molar-refractivity contribution in [1.82, 2.24) is 34.3 Å². The maximum absolute atomic E-state index is 13.0. The highest BCUT2D eigenvalue weighted by Crippen LogP contribution is 2.23. The van der Waals surface area contributed by atoms with Crippen LogP contribution in [0.2, 0.25) is 0 Å². The fourth-order valence-corrected chi connectivity index (χ4v) is 4.46. The number of hydrogen-bond donors (Lipinski definition) is 1. The zero-order chi connectivity index (χ0) is 23.1. The molecule has 4 aromatic rings. The predicted octanol–water partition coefficient (Wildman–Crippen LogP) is 2.98. The van der Waals surface area contributed by atoms with Gasteiger partial charge in [0.2, 0.25) is 5.65 Å². The number of fused-ring (bicyclic) bond motifs is 1. The highest BCUT2D eigenvalue weighted by atomic mass is 16.2. The van der Waals surface area contributed by atoms with Crippen LogP contribution in [0.4, 0.5) is 16.4 Å². The second-order valence-corrected chi connectivity index (χ2v) is 8.66. The molecule has 1 saturated heterocycles. The van der Waals surface area contributed by atoms with Crippen LogP contribution in [0, 0.1) is 20.8 Å². The fourth-order valence-electron chi connectivity index (χ4n) is 4.46. The van der Waals surface area contributed by atoms with Crippen LogP contribution in [-0.4, -0.2) is 66.0 Å². The summed E-state index contributed by atoms with van der Waals surface area (Å²) in [5, 5.41) is 15.8. The van der Waals surface area contributed by atoms with Gasteiger partial charge in [0.05, 0.1) is 5.69 Å². The van der Waals surface area contributed by atoms with E-state index in [1.54, 1.807) is 12.5 Å². The minimum Gasteiger partial charge on any atom is -0.347 e. The highest BCUT2D eigenvalue weighted by Gasteiger charge is 2.29. The number of nitrogens with one attached hydrogen (secondary N) is 1. The average molecular weight is 446 g/mol. The molecule has 1 atom stereocenters. The molecule has 1 aliphatic heterocycles. The van der Waals surface area contributed by atoms with Crippen molar-refractivity contribution in [2.45, 2.75) is 33.7 Å². The van der Waals surface area contributed by atoms with Crippen molar-refractivity contribution in [2.24, 2.45) is 0 Å². The molecular weight excluding hydrogens is 418 g/mol. The van der Waals surface area contributed by atoms with E-state index in [-0.39, 0.29) is 12.1 Å². The number of nitrogens with zero attached hydrogens (tertiary/aromatic N) is 8. The molecule has 0 spiro atoms. The van der Waals surface area contributed by atoms with Crippen LogP contribution in [0.5, 0.6) is 0 Å². The van der Waals surface area contributed by atoms with Crippen molar-refractivity contribution in [1.29, 1.82) is 0 Å². The van der Waals surface area contributed by atoms with Crippen LogP contribution in [-0.2, 0) is 0 Å². The Morgan fingerprint density at radius 1 is 1.09 bits per heavy atom. The molecule has 10 heteroatoms. The second kappa shape index (κ2) is 8.19. The molecule has 33 heavy (non-hydrogen) atoms. The summed E-state index contributed by atoms with van der Waals surface area (Å²) in [7, 11) is 0. The molecule has 1 unspecified atom stereocenters. The molecule has 2 amide bonds. The Bertz CT molecular complexity index is 1300. The van der Waals surface area contributed by atoms with Gasteiger partial charge in [-0.25, -0.2) is 14.5 Å². The molecule has 0 radical (unpaired) electrons. The number of rotatable bonds is 3. The first-order valence-electron chi connectivity index (χ1n) is 11.0. The summed E-state index contributed by atoms with van der Waals surface area (Å²) >= 11 is 0. The molecule has 1 N–H and O–H groups in total. The summed E-state index contributed by atoms with van der Waals surface area (Å²) in [6.45, 7) is 10.0. The van der Waals surface area contributed by atoms with Crippen molar-refractivity contribution in [3.05, 3.63) is 59.8 Å². The number of hydrogen-bond acceptors (Lipinski definition) is 6. The molecule has 0 aliphatic carbocycles. The smallest absolute Gasteiger partial charge is 0.323 e. The van der Waals surface area contributed by atoms with E-state index in [9.17, 15) is 4.79 Å². The number of aromatic nitrogens is 6. The first kappa shape index (κ1) is 20.9. The Balaban J connectivity index is 1.28. The van der Waals surface area contributed by atoms with Crippen LogP contribution in [0.15, 0.2) is 43.0 Å². The third kappa shape index (κ3) is 3.99. The Hall–Kier alpha value is -3.95. The van der Waals surface area contributed by atoms with E-state index < -0.39 is 0 Å². The van der Waals surface area contributed by atoms with Gasteiger partial charge in [0, 0.05) is 49.8 Å². The molecule has 1 aromatic carbocycles. The molecule has 0 bridgehead atoms. The summed E-state index contributed by atoms with van der Waals surface area (Å²) in [6.07, 6.45) is 5.23. The summed E-state index contributed by atoms with van der Waals surface area (Å²) in [5.74, 6) is 1.33. The number of urea groups is 1.